The number of carbonyl (C=O) groups is 1. The van der Waals surface area contributed by atoms with E-state index < -0.39 is 11.8 Å². The highest BCUT2D eigenvalue weighted by Crippen LogP contribution is 2.34. The number of methoxy groups -OCH3 is 1. The van der Waals surface area contributed by atoms with Gasteiger partial charge in [-0.3, -0.25) is 4.79 Å². The molecular formula is C20H20FNO3. The maximum absolute atomic E-state index is 14.1. The van der Waals surface area contributed by atoms with Crippen molar-refractivity contribution < 1.29 is 19.0 Å². The van der Waals surface area contributed by atoms with Gasteiger partial charge in [-0.2, -0.15) is 0 Å². The number of hydrogen-bond acceptors (Lipinski definition) is 2. The maximum atomic E-state index is 14.1. The Bertz CT molecular complexity index is 944. The molecule has 2 N–H and O–H groups in total. The molecule has 0 fully saturated rings. The molecular weight excluding hydrogens is 321 g/mol. The number of rotatable bonds is 5. The number of fused-ring (bicyclic) bond motifs is 1. The van der Waals surface area contributed by atoms with Crippen LogP contribution in [-0.4, -0.2) is 23.2 Å². The molecule has 3 aromatic rings. The number of aromatic amines is 1. The van der Waals surface area contributed by atoms with E-state index in [0.29, 0.717) is 22.7 Å². The fraction of sp³-hybridized carbons (Fsp3) is 0.250. The topological polar surface area (TPSA) is 62.3 Å². The van der Waals surface area contributed by atoms with Crippen molar-refractivity contribution in [2.24, 2.45) is 0 Å². The lowest BCUT2D eigenvalue weighted by Gasteiger charge is -2.07. The largest absolute Gasteiger partial charge is 0.494 e. The van der Waals surface area contributed by atoms with Gasteiger partial charge in [0.25, 0.3) is 0 Å². The number of ether oxygens (including phenoxy) is 1. The lowest BCUT2D eigenvalue weighted by molar-refractivity contribution is -0.136. The SMILES string of the molecule is COc1ccc(-c2[nH]c3ccc(C(C)C)cc3c2CC(=O)O)cc1F. The summed E-state index contributed by atoms with van der Waals surface area (Å²) < 4.78 is 19.1. The molecule has 0 saturated carbocycles. The summed E-state index contributed by atoms with van der Waals surface area (Å²) in [6.07, 6.45) is -0.134. The summed E-state index contributed by atoms with van der Waals surface area (Å²) in [7, 11) is 1.41. The van der Waals surface area contributed by atoms with Crippen molar-refractivity contribution in [3.63, 3.8) is 0 Å². The van der Waals surface area contributed by atoms with E-state index in [2.05, 4.69) is 18.8 Å². The first-order valence-electron chi connectivity index (χ1n) is 8.11. The second kappa shape index (κ2) is 6.59. The molecule has 5 heteroatoms. The highest BCUT2D eigenvalue weighted by molar-refractivity contribution is 5.94. The lowest BCUT2D eigenvalue weighted by Crippen LogP contribution is -2.01. The Morgan fingerprint density at radius 3 is 2.60 bits per heavy atom. The van der Waals surface area contributed by atoms with Gasteiger partial charge in [-0.1, -0.05) is 19.9 Å². The number of nitrogens with one attached hydrogen (secondary N) is 1. The summed E-state index contributed by atoms with van der Waals surface area (Å²) in [5.41, 5.74) is 3.85. The molecule has 0 radical (unpaired) electrons. The number of benzene rings is 2. The number of carboxylic acid groups (broad SMARTS) is 1. The molecule has 0 aliphatic carbocycles. The third-order valence-electron chi connectivity index (χ3n) is 4.37. The van der Waals surface area contributed by atoms with Gasteiger partial charge in [0.15, 0.2) is 11.6 Å². The summed E-state index contributed by atoms with van der Waals surface area (Å²) in [4.78, 5) is 14.6. The Morgan fingerprint density at radius 1 is 1.24 bits per heavy atom. The second-order valence-electron chi connectivity index (χ2n) is 6.36. The highest BCUT2D eigenvalue weighted by atomic mass is 19.1. The van der Waals surface area contributed by atoms with E-state index in [1.54, 1.807) is 12.1 Å². The van der Waals surface area contributed by atoms with E-state index in [1.165, 1.54) is 13.2 Å². The summed E-state index contributed by atoms with van der Waals surface area (Å²) in [6.45, 7) is 4.18. The van der Waals surface area contributed by atoms with Crippen LogP contribution < -0.4 is 4.74 Å². The van der Waals surface area contributed by atoms with Gasteiger partial charge >= 0.3 is 5.97 Å². The van der Waals surface area contributed by atoms with Crippen molar-refractivity contribution >= 4 is 16.9 Å². The zero-order valence-corrected chi connectivity index (χ0v) is 14.4. The van der Waals surface area contributed by atoms with Gasteiger partial charge in [-0.05, 0) is 47.4 Å². The first-order chi connectivity index (χ1) is 11.9. The molecule has 25 heavy (non-hydrogen) atoms. The van der Waals surface area contributed by atoms with Crippen molar-refractivity contribution in [3.05, 3.63) is 53.3 Å². The van der Waals surface area contributed by atoms with Crippen LogP contribution in [-0.2, 0) is 11.2 Å². The van der Waals surface area contributed by atoms with E-state index in [-0.39, 0.29) is 12.2 Å². The quantitative estimate of drug-likeness (QED) is 0.705. The Kier molecular flexibility index (Phi) is 4.49. The minimum atomic E-state index is -0.925. The molecule has 0 aliphatic rings. The van der Waals surface area contributed by atoms with Gasteiger partial charge in [-0.25, -0.2) is 4.39 Å². The van der Waals surface area contributed by atoms with Gasteiger partial charge in [-0.15, -0.1) is 0 Å². The zero-order chi connectivity index (χ0) is 18.1. The molecule has 130 valence electrons. The molecule has 0 amide bonds. The van der Waals surface area contributed by atoms with E-state index >= 15 is 0 Å². The average molecular weight is 341 g/mol. The summed E-state index contributed by atoms with van der Waals surface area (Å²) in [5, 5.41) is 10.2. The average Bonchev–Trinajstić information content (AvgIpc) is 2.92. The molecule has 0 bridgehead atoms. The second-order valence-corrected chi connectivity index (χ2v) is 6.36. The van der Waals surface area contributed by atoms with Crippen LogP contribution in [0.1, 0.15) is 30.9 Å². The monoisotopic (exact) mass is 341 g/mol. The van der Waals surface area contributed by atoms with Crippen LogP contribution in [0.4, 0.5) is 4.39 Å². The Hall–Kier alpha value is -2.82. The Labute approximate surface area is 145 Å². The number of hydrogen-bond donors (Lipinski definition) is 2. The van der Waals surface area contributed by atoms with Gasteiger partial charge in [0.2, 0.25) is 0 Å². The van der Waals surface area contributed by atoms with E-state index in [0.717, 1.165) is 16.5 Å². The molecule has 0 aliphatic heterocycles. The third kappa shape index (κ3) is 3.22. The van der Waals surface area contributed by atoms with Crippen molar-refractivity contribution in [1.29, 1.82) is 0 Å². The van der Waals surface area contributed by atoms with Crippen LogP contribution in [0.5, 0.6) is 5.75 Å². The molecule has 3 rings (SSSR count). The smallest absolute Gasteiger partial charge is 0.307 e. The van der Waals surface area contributed by atoms with Crippen molar-refractivity contribution in [2.75, 3.05) is 7.11 Å². The number of aliphatic carboxylic acids is 1. The van der Waals surface area contributed by atoms with Crippen molar-refractivity contribution in [1.82, 2.24) is 4.98 Å². The summed E-state index contributed by atoms with van der Waals surface area (Å²) in [6, 6.07) is 10.6. The van der Waals surface area contributed by atoms with E-state index in [9.17, 15) is 14.3 Å². The van der Waals surface area contributed by atoms with E-state index in [4.69, 9.17) is 4.74 Å². The van der Waals surface area contributed by atoms with E-state index in [1.807, 2.05) is 18.2 Å². The molecule has 0 unspecified atom stereocenters. The first-order valence-corrected chi connectivity index (χ1v) is 8.11. The van der Waals surface area contributed by atoms with Crippen LogP contribution in [0.25, 0.3) is 22.2 Å². The zero-order valence-electron chi connectivity index (χ0n) is 14.4. The van der Waals surface area contributed by atoms with Gasteiger partial charge < -0.3 is 14.8 Å². The number of H-pyrrole nitrogens is 1. The summed E-state index contributed by atoms with van der Waals surface area (Å²) >= 11 is 0. The predicted molar refractivity (Wildman–Crippen MR) is 95.7 cm³/mol. The summed E-state index contributed by atoms with van der Waals surface area (Å²) in [5.74, 6) is -0.922. The number of carboxylic acids is 1. The van der Waals surface area contributed by atoms with Gasteiger partial charge in [0, 0.05) is 16.5 Å². The minimum Gasteiger partial charge on any atom is -0.494 e. The molecule has 1 heterocycles. The van der Waals surface area contributed by atoms with Crippen LogP contribution in [0.15, 0.2) is 36.4 Å². The molecule has 0 spiro atoms. The highest BCUT2D eigenvalue weighted by Gasteiger charge is 2.18. The number of halogens is 1. The molecule has 2 aromatic carbocycles. The van der Waals surface area contributed by atoms with Crippen LogP contribution in [0, 0.1) is 5.82 Å². The van der Waals surface area contributed by atoms with Crippen LogP contribution in [0.3, 0.4) is 0 Å². The first kappa shape index (κ1) is 17.0. The normalized spacial score (nSPS) is 11.2. The van der Waals surface area contributed by atoms with Crippen LogP contribution >= 0.6 is 0 Å². The maximum Gasteiger partial charge on any atom is 0.307 e. The minimum absolute atomic E-state index is 0.134. The van der Waals surface area contributed by atoms with Gasteiger partial charge in [0.1, 0.15) is 0 Å². The molecule has 4 nitrogen and oxygen atoms in total. The third-order valence-corrected chi connectivity index (χ3v) is 4.37. The fourth-order valence-corrected chi connectivity index (χ4v) is 3.03. The van der Waals surface area contributed by atoms with Gasteiger partial charge in [0.05, 0.1) is 19.2 Å². The molecule has 1 aromatic heterocycles. The Balaban J connectivity index is 2.22. The Morgan fingerprint density at radius 2 is 2.00 bits per heavy atom. The lowest BCUT2D eigenvalue weighted by atomic mass is 9.98. The van der Waals surface area contributed by atoms with Crippen molar-refractivity contribution in [3.8, 4) is 17.0 Å². The predicted octanol–water partition coefficient (Wildman–Crippen LogP) is 4.73. The number of aromatic nitrogens is 1. The van der Waals surface area contributed by atoms with Crippen molar-refractivity contribution in [2.45, 2.75) is 26.2 Å². The molecule has 0 atom stereocenters. The fourth-order valence-electron chi connectivity index (χ4n) is 3.03. The van der Waals surface area contributed by atoms with Crippen LogP contribution in [0.2, 0.25) is 0 Å². The standard InChI is InChI=1S/C20H20FNO3/c1-11(2)12-4-6-17-14(8-12)15(10-19(23)24)20(22-17)13-5-7-18(25-3)16(21)9-13/h4-9,11,22H,10H2,1-3H3,(H,23,24). The molecule has 0 saturated heterocycles.